The second kappa shape index (κ2) is 6.62. The summed E-state index contributed by atoms with van der Waals surface area (Å²) in [6.45, 7) is 4.17. The molecule has 1 amide bonds. The molecular weight excluding hydrogens is 310 g/mol. The first-order chi connectivity index (χ1) is 7.56. The average molecular weight is 325 g/mol. The standard InChI is InChI=1S/C11H15BrClNOS/c1-7(2)9(3-5-13)14-11(15)10-8(12)4-6-16-10/h4,6-7,9H,3,5H2,1-2H3,(H,14,15). The normalized spacial score (nSPS) is 12.8. The van der Waals surface area contributed by atoms with Gasteiger partial charge in [-0.15, -0.1) is 22.9 Å². The Morgan fingerprint density at radius 1 is 1.62 bits per heavy atom. The van der Waals surface area contributed by atoms with Crippen molar-refractivity contribution in [2.75, 3.05) is 5.88 Å². The molecular formula is C11H15BrClNOS. The molecule has 0 aromatic carbocycles. The van der Waals surface area contributed by atoms with E-state index in [2.05, 4.69) is 35.1 Å². The smallest absolute Gasteiger partial charge is 0.262 e. The summed E-state index contributed by atoms with van der Waals surface area (Å²) >= 11 is 10.5. The number of alkyl halides is 1. The quantitative estimate of drug-likeness (QED) is 0.818. The van der Waals surface area contributed by atoms with Crippen molar-refractivity contribution in [1.82, 2.24) is 5.32 Å². The van der Waals surface area contributed by atoms with Crippen LogP contribution in [0.2, 0.25) is 0 Å². The molecule has 0 saturated carbocycles. The van der Waals surface area contributed by atoms with Crippen molar-refractivity contribution in [2.24, 2.45) is 5.92 Å². The minimum Gasteiger partial charge on any atom is -0.348 e. The van der Waals surface area contributed by atoms with E-state index in [4.69, 9.17) is 11.6 Å². The first kappa shape index (κ1) is 14.0. The van der Waals surface area contributed by atoms with E-state index in [-0.39, 0.29) is 11.9 Å². The van der Waals surface area contributed by atoms with Crippen molar-refractivity contribution >= 4 is 44.8 Å². The number of nitrogens with one attached hydrogen (secondary N) is 1. The Hall–Kier alpha value is -0.0600. The van der Waals surface area contributed by atoms with Crippen LogP contribution in [0.3, 0.4) is 0 Å². The Kier molecular flexibility index (Phi) is 5.79. The molecule has 0 aliphatic rings. The van der Waals surface area contributed by atoms with Gasteiger partial charge < -0.3 is 5.32 Å². The summed E-state index contributed by atoms with van der Waals surface area (Å²) in [5.74, 6) is 0.932. The van der Waals surface area contributed by atoms with Gasteiger partial charge in [0.05, 0.1) is 0 Å². The third-order valence-electron chi connectivity index (χ3n) is 2.36. The molecule has 0 aliphatic carbocycles. The van der Waals surface area contributed by atoms with Crippen molar-refractivity contribution in [2.45, 2.75) is 26.3 Å². The Morgan fingerprint density at radius 3 is 2.75 bits per heavy atom. The summed E-state index contributed by atoms with van der Waals surface area (Å²) in [5, 5.41) is 4.91. The molecule has 0 radical (unpaired) electrons. The maximum Gasteiger partial charge on any atom is 0.262 e. The van der Waals surface area contributed by atoms with E-state index >= 15 is 0 Å². The summed E-state index contributed by atoms with van der Waals surface area (Å²) in [6, 6.07) is 2.02. The molecule has 0 fully saturated rings. The number of amides is 1. The number of hydrogen-bond acceptors (Lipinski definition) is 2. The molecule has 0 bridgehead atoms. The van der Waals surface area contributed by atoms with Crippen LogP contribution in [0.5, 0.6) is 0 Å². The molecule has 1 rings (SSSR count). The largest absolute Gasteiger partial charge is 0.348 e. The zero-order valence-corrected chi connectivity index (χ0v) is 12.5. The van der Waals surface area contributed by atoms with Gasteiger partial charge in [0.25, 0.3) is 5.91 Å². The van der Waals surface area contributed by atoms with Crippen molar-refractivity contribution in [3.05, 3.63) is 20.8 Å². The highest BCUT2D eigenvalue weighted by Gasteiger charge is 2.18. The maximum atomic E-state index is 11.9. The topological polar surface area (TPSA) is 29.1 Å². The van der Waals surface area contributed by atoms with Crippen LogP contribution in [-0.2, 0) is 0 Å². The van der Waals surface area contributed by atoms with E-state index in [1.54, 1.807) is 0 Å². The van der Waals surface area contributed by atoms with E-state index in [0.29, 0.717) is 11.8 Å². The van der Waals surface area contributed by atoms with Crippen LogP contribution in [0.1, 0.15) is 29.9 Å². The van der Waals surface area contributed by atoms with Crippen LogP contribution in [0.25, 0.3) is 0 Å². The highest BCUT2D eigenvalue weighted by molar-refractivity contribution is 9.10. The Morgan fingerprint density at radius 2 is 2.31 bits per heavy atom. The SMILES string of the molecule is CC(C)C(CCCl)NC(=O)c1sccc1Br. The van der Waals surface area contributed by atoms with Crippen LogP contribution in [0, 0.1) is 5.92 Å². The number of thiophene rings is 1. The summed E-state index contributed by atoms with van der Waals surface area (Å²) in [7, 11) is 0. The van der Waals surface area contributed by atoms with E-state index in [1.807, 2.05) is 11.4 Å². The zero-order chi connectivity index (χ0) is 12.1. The van der Waals surface area contributed by atoms with Crippen LogP contribution in [0.4, 0.5) is 0 Å². The van der Waals surface area contributed by atoms with Gasteiger partial charge in [0.2, 0.25) is 0 Å². The van der Waals surface area contributed by atoms with Gasteiger partial charge in [-0.1, -0.05) is 13.8 Å². The van der Waals surface area contributed by atoms with Crippen LogP contribution in [0.15, 0.2) is 15.9 Å². The molecule has 90 valence electrons. The molecule has 1 aromatic heterocycles. The van der Waals surface area contributed by atoms with Crippen molar-refractivity contribution in [1.29, 1.82) is 0 Å². The van der Waals surface area contributed by atoms with Gasteiger partial charge in [0.15, 0.2) is 0 Å². The molecule has 1 aromatic rings. The van der Waals surface area contributed by atoms with Gasteiger partial charge in [-0.2, -0.15) is 0 Å². The first-order valence-electron chi connectivity index (χ1n) is 5.16. The lowest BCUT2D eigenvalue weighted by Crippen LogP contribution is -2.38. The predicted molar refractivity (Wildman–Crippen MR) is 73.4 cm³/mol. The van der Waals surface area contributed by atoms with Crippen molar-refractivity contribution < 1.29 is 4.79 Å². The summed E-state index contributed by atoms with van der Waals surface area (Å²) in [5.41, 5.74) is 0. The Balaban J connectivity index is 2.65. The van der Waals surface area contributed by atoms with Gasteiger partial charge >= 0.3 is 0 Å². The van der Waals surface area contributed by atoms with Gasteiger partial charge in [-0.05, 0) is 39.7 Å². The van der Waals surface area contributed by atoms with E-state index in [9.17, 15) is 4.79 Å². The van der Waals surface area contributed by atoms with Crippen molar-refractivity contribution in [3.63, 3.8) is 0 Å². The predicted octanol–water partition coefficient (Wildman–Crippen LogP) is 3.89. The fourth-order valence-electron chi connectivity index (χ4n) is 1.38. The van der Waals surface area contributed by atoms with Gasteiger partial charge in [0.1, 0.15) is 4.88 Å². The molecule has 16 heavy (non-hydrogen) atoms. The van der Waals surface area contributed by atoms with Gasteiger partial charge in [-0.3, -0.25) is 4.79 Å². The minimum atomic E-state index is -0.0225. The lowest BCUT2D eigenvalue weighted by Gasteiger charge is -2.21. The monoisotopic (exact) mass is 323 g/mol. The molecule has 1 unspecified atom stereocenters. The molecule has 1 heterocycles. The lowest BCUT2D eigenvalue weighted by atomic mass is 10.0. The number of hydrogen-bond donors (Lipinski definition) is 1. The van der Waals surface area contributed by atoms with Crippen LogP contribution in [-0.4, -0.2) is 17.8 Å². The fourth-order valence-corrected chi connectivity index (χ4v) is 3.07. The second-order valence-electron chi connectivity index (χ2n) is 3.90. The molecule has 1 atom stereocenters. The third-order valence-corrected chi connectivity index (χ3v) is 4.42. The van der Waals surface area contributed by atoms with E-state index in [0.717, 1.165) is 15.8 Å². The van der Waals surface area contributed by atoms with E-state index in [1.165, 1.54) is 11.3 Å². The molecule has 2 nitrogen and oxygen atoms in total. The molecule has 0 saturated heterocycles. The van der Waals surface area contributed by atoms with Crippen molar-refractivity contribution in [3.8, 4) is 0 Å². The number of halogens is 2. The number of carbonyl (C=O) groups excluding carboxylic acids is 1. The number of carbonyl (C=O) groups is 1. The highest BCUT2D eigenvalue weighted by Crippen LogP contribution is 2.23. The first-order valence-corrected chi connectivity index (χ1v) is 7.36. The summed E-state index contributed by atoms with van der Waals surface area (Å²) in [4.78, 5) is 12.7. The maximum absolute atomic E-state index is 11.9. The Labute approximate surface area is 114 Å². The van der Waals surface area contributed by atoms with Gasteiger partial charge in [-0.25, -0.2) is 0 Å². The molecule has 0 spiro atoms. The lowest BCUT2D eigenvalue weighted by molar-refractivity contribution is 0.0928. The summed E-state index contributed by atoms with van der Waals surface area (Å²) in [6.07, 6.45) is 0.800. The number of rotatable bonds is 5. The average Bonchev–Trinajstić information content (AvgIpc) is 2.63. The van der Waals surface area contributed by atoms with E-state index < -0.39 is 0 Å². The third kappa shape index (κ3) is 3.75. The van der Waals surface area contributed by atoms with Crippen LogP contribution < -0.4 is 5.32 Å². The Bertz CT molecular complexity index is 354. The minimum absolute atomic E-state index is 0.0225. The molecule has 1 N–H and O–H groups in total. The fraction of sp³-hybridized carbons (Fsp3) is 0.545. The zero-order valence-electron chi connectivity index (χ0n) is 9.30. The molecule has 0 aliphatic heterocycles. The van der Waals surface area contributed by atoms with Gasteiger partial charge in [0, 0.05) is 16.4 Å². The summed E-state index contributed by atoms with van der Waals surface area (Å²) < 4.78 is 0.850. The molecule has 5 heteroatoms. The highest BCUT2D eigenvalue weighted by atomic mass is 79.9. The van der Waals surface area contributed by atoms with Crippen LogP contribution >= 0.6 is 38.9 Å². The second-order valence-corrected chi connectivity index (χ2v) is 6.05.